The standard InChI is InChI=1S/C25H25NO.ClH/c1-18(9-8-12-20-10-4-3-5-11-20)27-21-15-16-24-23-14-7-6-13-22(23)19(2)26-25(24)17-21;/h3-7,10-11,13-18H,8-9,12H2,1-2H3;1H. The number of ether oxygens (including phenoxy) is 1. The third-order valence-electron chi connectivity index (χ3n) is 5.12. The molecule has 0 N–H and O–H groups in total. The van der Waals surface area contributed by atoms with Crippen molar-refractivity contribution in [2.45, 2.75) is 39.2 Å². The molecule has 0 fully saturated rings. The average molecular weight is 392 g/mol. The summed E-state index contributed by atoms with van der Waals surface area (Å²) in [4.78, 5) is 4.79. The van der Waals surface area contributed by atoms with E-state index >= 15 is 0 Å². The number of hydrogen-bond acceptors (Lipinski definition) is 2. The Hall–Kier alpha value is -2.58. The number of pyridine rings is 1. The van der Waals surface area contributed by atoms with Gasteiger partial charge in [0, 0.05) is 22.5 Å². The number of halogens is 1. The van der Waals surface area contributed by atoms with Crippen LogP contribution in [0.3, 0.4) is 0 Å². The van der Waals surface area contributed by atoms with E-state index in [-0.39, 0.29) is 18.5 Å². The second kappa shape index (κ2) is 9.07. The minimum absolute atomic E-state index is 0. The molecule has 0 amide bonds. The molecule has 4 rings (SSSR count). The van der Waals surface area contributed by atoms with Crippen molar-refractivity contribution in [2.24, 2.45) is 0 Å². The van der Waals surface area contributed by atoms with Crippen LogP contribution in [0.4, 0.5) is 0 Å². The van der Waals surface area contributed by atoms with E-state index in [1.807, 2.05) is 0 Å². The summed E-state index contributed by atoms with van der Waals surface area (Å²) in [6.07, 6.45) is 3.45. The summed E-state index contributed by atoms with van der Waals surface area (Å²) in [5.74, 6) is 0.900. The summed E-state index contributed by atoms with van der Waals surface area (Å²) in [6.45, 7) is 4.22. The largest absolute Gasteiger partial charge is 0.491 e. The molecule has 2 nitrogen and oxygen atoms in total. The highest BCUT2D eigenvalue weighted by molar-refractivity contribution is 6.06. The van der Waals surface area contributed by atoms with E-state index in [1.165, 1.54) is 21.7 Å². The molecule has 0 bridgehead atoms. The van der Waals surface area contributed by atoms with Gasteiger partial charge in [-0.25, -0.2) is 0 Å². The molecule has 1 heterocycles. The topological polar surface area (TPSA) is 22.1 Å². The molecule has 3 aromatic carbocycles. The molecule has 3 heteroatoms. The maximum atomic E-state index is 6.17. The average Bonchev–Trinajstić information content (AvgIpc) is 2.69. The molecule has 28 heavy (non-hydrogen) atoms. The lowest BCUT2D eigenvalue weighted by molar-refractivity contribution is 0.208. The Morgan fingerprint density at radius 1 is 0.857 bits per heavy atom. The van der Waals surface area contributed by atoms with E-state index in [0.29, 0.717) is 0 Å². The van der Waals surface area contributed by atoms with Gasteiger partial charge in [-0.05, 0) is 56.2 Å². The van der Waals surface area contributed by atoms with Gasteiger partial charge in [-0.1, -0.05) is 54.6 Å². The molecular weight excluding hydrogens is 366 g/mol. The van der Waals surface area contributed by atoms with Gasteiger partial charge in [0.1, 0.15) is 5.75 Å². The van der Waals surface area contributed by atoms with Gasteiger partial charge >= 0.3 is 0 Å². The van der Waals surface area contributed by atoms with Crippen LogP contribution in [0.5, 0.6) is 5.75 Å². The maximum absolute atomic E-state index is 6.17. The van der Waals surface area contributed by atoms with Crippen LogP contribution in [0.25, 0.3) is 21.7 Å². The van der Waals surface area contributed by atoms with Crippen LogP contribution in [-0.4, -0.2) is 11.1 Å². The molecule has 0 saturated carbocycles. The minimum atomic E-state index is 0. The van der Waals surface area contributed by atoms with Crippen molar-refractivity contribution in [2.75, 3.05) is 0 Å². The van der Waals surface area contributed by atoms with Crippen molar-refractivity contribution < 1.29 is 4.74 Å². The van der Waals surface area contributed by atoms with Crippen molar-refractivity contribution in [1.29, 1.82) is 0 Å². The molecule has 0 spiro atoms. The fourth-order valence-corrected chi connectivity index (χ4v) is 3.71. The van der Waals surface area contributed by atoms with Crippen molar-refractivity contribution in [1.82, 2.24) is 4.98 Å². The quantitative estimate of drug-likeness (QED) is 0.333. The van der Waals surface area contributed by atoms with E-state index in [0.717, 1.165) is 36.2 Å². The molecular formula is C25H26ClNO. The van der Waals surface area contributed by atoms with E-state index in [1.54, 1.807) is 0 Å². The molecule has 1 atom stereocenters. The van der Waals surface area contributed by atoms with Gasteiger partial charge in [-0.3, -0.25) is 4.98 Å². The summed E-state index contributed by atoms with van der Waals surface area (Å²) in [5.41, 5.74) is 3.45. The smallest absolute Gasteiger partial charge is 0.121 e. The summed E-state index contributed by atoms with van der Waals surface area (Å²) in [5, 5.41) is 3.65. The SMILES string of the molecule is Cc1nc2cc(OC(C)CCCc3ccccc3)ccc2c2ccccc12.Cl. The molecule has 144 valence electrons. The fourth-order valence-electron chi connectivity index (χ4n) is 3.71. The second-order valence-corrected chi connectivity index (χ2v) is 7.23. The molecule has 0 aliphatic carbocycles. The Bertz CT molecular complexity index is 1060. The molecule has 4 aromatic rings. The molecule has 1 aromatic heterocycles. The summed E-state index contributed by atoms with van der Waals surface area (Å²) < 4.78 is 6.17. The maximum Gasteiger partial charge on any atom is 0.121 e. The highest BCUT2D eigenvalue weighted by Crippen LogP contribution is 2.29. The molecule has 0 aliphatic heterocycles. The molecule has 0 radical (unpaired) electrons. The minimum Gasteiger partial charge on any atom is -0.491 e. The van der Waals surface area contributed by atoms with Crippen LogP contribution in [0, 0.1) is 6.92 Å². The zero-order valence-electron chi connectivity index (χ0n) is 16.4. The fraction of sp³-hybridized carbons (Fsp3) is 0.240. The van der Waals surface area contributed by atoms with Gasteiger partial charge in [-0.15, -0.1) is 12.4 Å². The Morgan fingerprint density at radius 3 is 2.36 bits per heavy atom. The predicted octanol–water partition coefficient (Wildman–Crippen LogP) is 6.91. The van der Waals surface area contributed by atoms with E-state index in [9.17, 15) is 0 Å². The first-order valence-electron chi connectivity index (χ1n) is 9.70. The van der Waals surface area contributed by atoms with Crippen LogP contribution in [-0.2, 0) is 6.42 Å². The van der Waals surface area contributed by atoms with Gasteiger partial charge in [0.2, 0.25) is 0 Å². The van der Waals surface area contributed by atoms with E-state index < -0.39 is 0 Å². The Labute approximate surface area is 173 Å². The van der Waals surface area contributed by atoms with Crippen molar-refractivity contribution in [3.63, 3.8) is 0 Å². The normalized spacial score (nSPS) is 11.9. The number of rotatable bonds is 6. The van der Waals surface area contributed by atoms with Gasteiger partial charge in [-0.2, -0.15) is 0 Å². The van der Waals surface area contributed by atoms with Crippen molar-refractivity contribution in [3.05, 3.63) is 84.1 Å². The zero-order chi connectivity index (χ0) is 18.6. The van der Waals surface area contributed by atoms with Crippen LogP contribution in [0.15, 0.2) is 72.8 Å². The van der Waals surface area contributed by atoms with E-state index in [4.69, 9.17) is 9.72 Å². The predicted molar refractivity (Wildman–Crippen MR) is 121 cm³/mol. The molecule has 0 aliphatic rings. The number of hydrogen-bond donors (Lipinski definition) is 0. The van der Waals surface area contributed by atoms with Crippen LogP contribution < -0.4 is 4.74 Å². The van der Waals surface area contributed by atoms with Gasteiger partial charge in [0.15, 0.2) is 0 Å². The summed E-state index contributed by atoms with van der Waals surface area (Å²) in [7, 11) is 0. The first-order chi connectivity index (χ1) is 13.2. The number of benzene rings is 3. The number of fused-ring (bicyclic) bond motifs is 3. The van der Waals surface area contributed by atoms with Gasteiger partial charge in [0.05, 0.1) is 11.6 Å². The number of aryl methyl sites for hydroxylation is 2. The Balaban J connectivity index is 0.00000225. The van der Waals surface area contributed by atoms with Crippen molar-refractivity contribution >= 4 is 34.1 Å². The molecule has 0 saturated heterocycles. The number of aromatic nitrogens is 1. The zero-order valence-corrected chi connectivity index (χ0v) is 17.2. The summed E-state index contributed by atoms with van der Waals surface area (Å²) >= 11 is 0. The Kier molecular flexibility index (Phi) is 6.53. The Morgan fingerprint density at radius 2 is 1.57 bits per heavy atom. The van der Waals surface area contributed by atoms with Gasteiger partial charge < -0.3 is 4.74 Å². The second-order valence-electron chi connectivity index (χ2n) is 7.23. The first kappa shape index (κ1) is 20.2. The van der Waals surface area contributed by atoms with Gasteiger partial charge in [0.25, 0.3) is 0 Å². The van der Waals surface area contributed by atoms with Crippen LogP contribution >= 0.6 is 12.4 Å². The van der Waals surface area contributed by atoms with E-state index in [2.05, 4.69) is 86.6 Å². The van der Waals surface area contributed by atoms with Crippen molar-refractivity contribution in [3.8, 4) is 5.75 Å². The third kappa shape index (κ3) is 4.45. The lowest BCUT2D eigenvalue weighted by Gasteiger charge is -2.15. The monoisotopic (exact) mass is 391 g/mol. The summed E-state index contributed by atoms with van der Waals surface area (Å²) in [6, 6.07) is 25.4. The lowest BCUT2D eigenvalue weighted by atomic mass is 10.0. The highest BCUT2D eigenvalue weighted by atomic mass is 35.5. The first-order valence-corrected chi connectivity index (χ1v) is 9.70. The number of nitrogens with zero attached hydrogens (tertiary/aromatic N) is 1. The highest BCUT2D eigenvalue weighted by Gasteiger charge is 2.09. The van der Waals surface area contributed by atoms with Crippen LogP contribution in [0.1, 0.15) is 31.0 Å². The van der Waals surface area contributed by atoms with Crippen LogP contribution in [0.2, 0.25) is 0 Å². The molecule has 1 unspecified atom stereocenters. The third-order valence-corrected chi connectivity index (χ3v) is 5.12. The lowest BCUT2D eigenvalue weighted by Crippen LogP contribution is -2.12.